The maximum atomic E-state index is 15.3. The normalized spacial score (nSPS) is 27.0. The highest BCUT2D eigenvalue weighted by Gasteiger charge is 2.63. The molecule has 1 fully saturated rings. The Hall–Kier alpha value is -2.36. The van der Waals surface area contributed by atoms with E-state index in [-0.39, 0.29) is 0 Å². The predicted molar refractivity (Wildman–Crippen MR) is 131 cm³/mol. The van der Waals surface area contributed by atoms with Crippen molar-refractivity contribution in [1.82, 2.24) is 15.1 Å². The first kappa shape index (κ1) is 33.8. The number of rotatable bonds is 13. The smallest absolute Gasteiger partial charge is 0.342 e. The average Bonchev–Trinajstić information content (AvgIpc) is 3.08. The zero-order valence-corrected chi connectivity index (χ0v) is 23.7. The standard InChI is InChI=1S/C23H35F3N3O10P/c1-11(2)37-20(33)13(5)27-40(35,28-14(6)21(34)38-12(3)4)36-10-23(22(25)26)18(24)17(32)19(39-23)29-8-7-15(30)9-16(29)31/h7-8,11-14,17-19,22,32H,9-10H2,1-6H3,(H2,27,28,35)/t13-,14-,17+,18-,19+,23+/m0/s1. The Labute approximate surface area is 229 Å². The van der Waals surface area contributed by atoms with Crippen LogP contribution in [-0.4, -0.2) is 95.1 Å². The number of aliphatic hydroxyl groups excluding tert-OH is 1. The van der Waals surface area contributed by atoms with Crippen LogP contribution in [0, 0.1) is 0 Å². The van der Waals surface area contributed by atoms with E-state index in [1.807, 2.05) is 0 Å². The van der Waals surface area contributed by atoms with Gasteiger partial charge in [0.05, 0.1) is 25.2 Å². The van der Waals surface area contributed by atoms with Crippen molar-refractivity contribution in [3.8, 4) is 0 Å². The third kappa shape index (κ3) is 8.10. The molecule has 0 spiro atoms. The lowest BCUT2D eigenvalue weighted by Crippen LogP contribution is -2.52. The van der Waals surface area contributed by atoms with Gasteiger partial charge in [-0.25, -0.2) is 23.3 Å². The number of nitrogens with zero attached hydrogens (tertiary/aromatic N) is 1. The lowest BCUT2D eigenvalue weighted by Gasteiger charge is -2.34. The fourth-order valence-corrected chi connectivity index (χ4v) is 5.56. The molecule has 0 bridgehead atoms. The summed E-state index contributed by atoms with van der Waals surface area (Å²) in [7, 11) is -4.68. The van der Waals surface area contributed by atoms with Gasteiger partial charge in [0.15, 0.2) is 23.8 Å². The number of esters is 2. The monoisotopic (exact) mass is 601 g/mol. The van der Waals surface area contributed by atoms with Gasteiger partial charge in [0.1, 0.15) is 18.2 Å². The number of alkyl halides is 3. The van der Waals surface area contributed by atoms with Gasteiger partial charge in [-0.3, -0.25) is 28.6 Å². The molecule has 2 heterocycles. The number of carbonyl (C=O) groups is 4. The number of halogens is 3. The summed E-state index contributed by atoms with van der Waals surface area (Å²) in [5.74, 6) is -3.33. The van der Waals surface area contributed by atoms with Crippen molar-refractivity contribution in [1.29, 1.82) is 0 Å². The van der Waals surface area contributed by atoms with Gasteiger partial charge in [0, 0.05) is 6.20 Å². The van der Waals surface area contributed by atoms with Crippen LogP contribution in [0.3, 0.4) is 0 Å². The Bertz CT molecular complexity index is 1010. The van der Waals surface area contributed by atoms with Gasteiger partial charge >= 0.3 is 19.6 Å². The van der Waals surface area contributed by atoms with E-state index in [1.165, 1.54) is 13.8 Å². The Morgan fingerprint density at radius 2 is 1.60 bits per heavy atom. The summed E-state index contributed by atoms with van der Waals surface area (Å²) in [4.78, 5) is 48.9. The van der Waals surface area contributed by atoms with Crippen LogP contribution in [0.2, 0.25) is 0 Å². The molecule has 0 saturated carbocycles. The van der Waals surface area contributed by atoms with Crippen LogP contribution in [0.4, 0.5) is 13.2 Å². The molecule has 40 heavy (non-hydrogen) atoms. The number of aliphatic hydroxyl groups is 1. The lowest BCUT2D eigenvalue weighted by molar-refractivity contribution is -0.192. The Balaban J connectivity index is 2.35. The zero-order chi connectivity index (χ0) is 30.6. The minimum absolute atomic E-state index is 0.563. The second-order valence-electron chi connectivity index (χ2n) is 9.91. The zero-order valence-electron chi connectivity index (χ0n) is 22.8. The van der Waals surface area contributed by atoms with Crippen LogP contribution in [-0.2, 0) is 42.5 Å². The van der Waals surface area contributed by atoms with Crippen molar-refractivity contribution in [3.05, 3.63) is 12.3 Å². The minimum Gasteiger partial charge on any atom is -0.462 e. The molecule has 228 valence electrons. The molecule has 0 radical (unpaired) electrons. The molecule has 0 unspecified atom stereocenters. The number of ether oxygens (including phenoxy) is 3. The molecule has 2 aliphatic heterocycles. The summed E-state index contributed by atoms with van der Waals surface area (Å²) in [5, 5.41) is 14.9. The summed E-state index contributed by atoms with van der Waals surface area (Å²) in [5.41, 5.74) is -3.25. The Morgan fingerprint density at radius 1 is 1.10 bits per heavy atom. The van der Waals surface area contributed by atoms with E-state index in [9.17, 15) is 37.6 Å². The van der Waals surface area contributed by atoms with E-state index in [0.29, 0.717) is 4.90 Å². The summed E-state index contributed by atoms with van der Waals surface area (Å²) in [6, 6.07) is -2.73. The third-order valence-electron chi connectivity index (χ3n) is 5.69. The number of hydrogen-bond acceptors (Lipinski definition) is 10. The number of carbonyl (C=O) groups excluding carboxylic acids is 4. The third-order valence-corrected chi connectivity index (χ3v) is 7.63. The number of nitrogens with one attached hydrogen (secondary N) is 2. The second kappa shape index (κ2) is 13.5. The van der Waals surface area contributed by atoms with Crippen LogP contribution in [0.1, 0.15) is 48.0 Å². The molecular formula is C23H35F3N3O10P. The molecule has 13 nitrogen and oxygen atoms in total. The van der Waals surface area contributed by atoms with E-state index in [4.69, 9.17) is 18.7 Å². The van der Waals surface area contributed by atoms with E-state index in [2.05, 4.69) is 10.2 Å². The topological polar surface area (TPSA) is 170 Å². The fraction of sp³-hybridized carbons (Fsp3) is 0.739. The van der Waals surface area contributed by atoms with E-state index in [1.54, 1.807) is 27.7 Å². The summed E-state index contributed by atoms with van der Waals surface area (Å²) >= 11 is 0. The first-order chi connectivity index (χ1) is 18.4. The van der Waals surface area contributed by atoms with Crippen molar-refractivity contribution >= 4 is 31.3 Å². The first-order valence-electron chi connectivity index (χ1n) is 12.4. The van der Waals surface area contributed by atoms with Gasteiger partial charge < -0.3 is 23.8 Å². The van der Waals surface area contributed by atoms with Crippen LogP contribution >= 0.6 is 7.67 Å². The van der Waals surface area contributed by atoms with Crippen LogP contribution in [0.15, 0.2) is 12.3 Å². The minimum atomic E-state index is -4.68. The quantitative estimate of drug-likeness (QED) is 0.158. The summed E-state index contributed by atoms with van der Waals surface area (Å²) in [6.45, 7) is 7.17. The molecule has 1 saturated heterocycles. The molecule has 3 N–H and O–H groups in total. The molecule has 0 aromatic carbocycles. The molecule has 1 amide bonds. The van der Waals surface area contributed by atoms with Crippen LogP contribution in [0.25, 0.3) is 0 Å². The van der Waals surface area contributed by atoms with Gasteiger partial charge in [-0.2, -0.15) is 0 Å². The van der Waals surface area contributed by atoms with Gasteiger partial charge in [-0.15, -0.1) is 0 Å². The first-order valence-corrected chi connectivity index (χ1v) is 14.1. The highest BCUT2D eigenvalue weighted by Crippen LogP contribution is 2.46. The van der Waals surface area contributed by atoms with Gasteiger partial charge in [0.2, 0.25) is 5.91 Å². The van der Waals surface area contributed by atoms with Gasteiger partial charge in [-0.05, 0) is 47.6 Å². The molecule has 0 aromatic heterocycles. The molecule has 17 heteroatoms. The van der Waals surface area contributed by atoms with Gasteiger partial charge in [-0.1, -0.05) is 0 Å². The predicted octanol–water partition coefficient (Wildman–Crippen LogP) is 1.34. The lowest BCUT2D eigenvalue weighted by atomic mass is 9.98. The van der Waals surface area contributed by atoms with Crippen molar-refractivity contribution in [2.75, 3.05) is 6.61 Å². The van der Waals surface area contributed by atoms with E-state index < -0.39 is 99.1 Å². The van der Waals surface area contributed by atoms with E-state index >= 15 is 4.39 Å². The van der Waals surface area contributed by atoms with Crippen molar-refractivity contribution in [3.63, 3.8) is 0 Å². The SMILES string of the molecule is CC(C)OC(=O)[C@H](C)NP(=O)(N[C@@H](C)C(=O)OC(C)C)OC[C@@]1(C(F)F)O[C@@H](N2C=CC(=O)CC2=O)[C@H](O)[C@@H]1F. The molecule has 6 atom stereocenters. The maximum Gasteiger partial charge on any atom is 0.342 e. The van der Waals surface area contributed by atoms with Crippen molar-refractivity contribution in [2.45, 2.75) is 103 Å². The van der Waals surface area contributed by atoms with Crippen LogP contribution in [0.5, 0.6) is 0 Å². The number of hydrogen-bond donors (Lipinski definition) is 3. The molecule has 2 aliphatic rings. The molecular weight excluding hydrogens is 566 g/mol. The fourth-order valence-electron chi connectivity index (χ4n) is 3.72. The van der Waals surface area contributed by atoms with Crippen molar-refractivity contribution in [2.24, 2.45) is 0 Å². The van der Waals surface area contributed by atoms with Gasteiger partial charge in [0.25, 0.3) is 6.43 Å². The Morgan fingerprint density at radius 3 is 2.02 bits per heavy atom. The number of allylic oxidation sites excluding steroid dienone is 1. The number of ketones is 1. The highest BCUT2D eigenvalue weighted by atomic mass is 31.2. The number of amides is 1. The summed E-state index contributed by atoms with van der Waals surface area (Å²) < 4.78 is 78.2. The Kier molecular flexibility index (Phi) is 11.5. The molecule has 2 rings (SSSR count). The largest absolute Gasteiger partial charge is 0.462 e. The van der Waals surface area contributed by atoms with Crippen LogP contribution < -0.4 is 10.2 Å². The van der Waals surface area contributed by atoms with Crippen molar-refractivity contribution < 1.29 is 60.8 Å². The van der Waals surface area contributed by atoms with E-state index in [0.717, 1.165) is 12.3 Å². The molecule has 0 aliphatic carbocycles. The average molecular weight is 602 g/mol. The highest BCUT2D eigenvalue weighted by molar-refractivity contribution is 7.54. The summed E-state index contributed by atoms with van der Waals surface area (Å²) in [6.07, 6.45) is -10.8. The maximum absolute atomic E-state index is 15.3. The second-order valence-corrected chi connectivity index (χ2v) is 11.8. The molecule has 0 aromatic rings.